The Morgan fingerprint density at radius 1 is 1.55 bits per heavy atom. The first-order valence-electron chi connectivity index (χ1n) is 3.65. The van der Waals surface area contributed by atoms with Crippen LogP contribution in [0.2, 0.25) is 0 Å². The van der Waals surface area contributed by atoms with Gasteiger partial charge in [0.15, 0.2) is 0 Å². The minimum atomic E-state index is -0.399. The molecule has 0 heterocycles. The summed E-state index contributed by atoms with van der Waals surface area (Å²) in [5.74, 6) is 0.0581. The first-order valence-corrected chi connectivity index (χ1v) is 3.65. The Hall–Kier alpha value is -0.990. The average Bonchev–Trinajstić information content (AvgIpc) is 2.00. The van der Waals surface area contributed by atoms with Gasteiger partial charge in [-0.1, -0.05) is 24.3 Å². The van der Waals surface area contributed by atoms with Gasteiger partial charge in [-0.05, 0) is 6.92 Å². The molecule has 0 aliphatic carbocycles. The van der Waals surface area contributed by atoms with E-state index in [9.17, 15) is 9.70 Å². The van der Waals surface area contributed by atoms with Gasteiger partial charge in [0.2, 0.25) is 0 Å². The number of nitroso groups, excluding NO2 is 1. The molecule has 0 fully saturated rings. The number of aldehydes is 1. The number of allylic oxidation sites excluding steroid dienone is 1. The molecule has 0 saturated carbocycles. The SMILES string of the molecule is C/C=C\[C@H](C)[C@H](CC=O)N=O. The lowest BCUT2D eigenvalue weighted by atomic mass is 10.0. The van der Waals surface area contributed by atoms with E-state index in [0.717, 1.165) is 6.29 Å². The van der Waals surface area contributed by atoms with Gasteiger partial charge in [0.25, 0.3) is 0 Å². The fourth-order valence-corrected chi connectivity index (χ4v) is 0.884. The van der Waals surface area contributed by atoms with Gasteiger partial charge in [0.05, 0.1) is 0 Å². The fourth-order valence-electron chi connectivity index (χ4n) is 0.884. The summed E-state index contributed by atoms with van der Waals surface area (Å²) in [6.45, 7) is 3.74. The molecular formula is C8H13NO2. The van der Waals surface area contributed by atoms with Gasteiger partial charge < -0.3 is 4.79 Å². The van der Waals surface area contributed by atoms with E-state index in [1.807, 2.05) is 26.0 Å². The summed E-state index contributed by atoms with van der Waals surface area (Å²) in [4.78, 5) is 20.2. The Morgan fingerprint density at radius 3 is 2.55 bits per heavy atom. The van der Waals surface area contributed by atoms with Crippen molar-refractivity contribution >= 4 is 6.29 Å². The van der Waals surface area contributed by atoms with Gasteiger partial charge >= 0.3 is 0 Å². The summed E-state index contributed by atoms with van der Waals surface area (Å²) in [6, 6.07) is -0.399. The Bertz CT molecular complexity index is 154. The quantitative estimate of drug-likeness (QED) is 0.346. The van der Waals surface area contributed by atoms with E-state index in [1.54, 1.807) is 0 Å². The van der Waals surface area contributed by atoms with Crippen molar-refractivity contribution in [3.8, 4) is 0 Å². The predicted octanol–water partition coefficient (Wildman–Crippen LogP) is 1.92. The van der Waals surface area contributed by atoms with Crippen LogP contribution in [0.1, 0.15) is 20.3 Å². The largest absolute Gasteiger partial charge is 0.303 e. The van der Waals surface area contributed by atoms with Gasteiger partial charge in [0, 0.05) is 12.3 Å². The van der Waals surface area contributed by atoms with Gasteiger partial charge in [-0.2, -0.15) is 4.91 Å². The first kappa shape index (κ1) is 10.0. The number of carbonyl (C=O) groups excluding carboxylic acids is 1. The molecule has 0 aromatic heterocycles. The van der Waals surface area contributed by atoms with Crippen LogP contribution in [0.4, 0.5) is 0 Å². The van der Waals surface area contributed by atoms with Crippen LogP contribution in [0.25, 0.3) is 0 Å². The second-order valence-electron chi connectivity index (χ2n) is 2.46. The molecule has 0 bridgehead atoms. The Balaban J connectivity index is 4.00. The standard InChI is InChI=1S/C8H13NO2/c1-3-4-7(2)8(9-11)5-6-10/h3-4,6-8H,5H2,1-2H3/b4-3-/t7-,8-/m0/s1. The highest BCUT2D eigenvalue weighted by atomic mass is 16.3. The molecule has 0 N–H and O–H groups in total. The third-order valence-corrected chi connectivity index (χ3v) is 1.58. The van der Waals surface area contributed by atoms with Crippen LogP contribution in [0, 0.1) is 10.8 Å². The fraction of sp³-hybridized carbons (Fsp3) is 0.625. The van der Waals surface area contributed by atoms with Gasteiger partial charge in [-0.3, -0.25) is 0 Å². The Morgan fingerprint density at radius 2 is 2.18 bits per heavy atom. The maximum atomic E-state index is 10.2. The molecule has 3 nitrogen and oxygen atoms in total. The summed E-state index contributed by atoms with van der Waals surface area (Å²) in [7, 11) is 0. The molecule has 3 heteroatoms. The van der Waals surface area contributed by atoms with Crippen LogP contribution in [-0.4, -0.2) is 12.3 Å². The summed E-state index contributed by atoms with van der Waals surface area (Å²) in [5, 5.41) is 2.86. The van der Waals surface area contributed by atoms with E-state index in [1.165, 1.54) is 0 Å². The normalized spacial score (nSPS) is 16.2. The van der Waals surface area contributed by atoms with Crippen LogP contribution >= 0.6 is 0 Å². The molecule has 11 heavy (non-hydrogen) atoms. The van der Waals surface area contributed by atoms with Crippen molar-refractivity contribution in [2.45, 2.75) is 26.3 Å². The average molecular weight is 155 g/mol. The molecule has 0 aromatic rings. The number of rotatable bonds is 5. The van der Waals surface area contributed by atoms with Crippen molar-refractivity contribution in [2.24, 2.45) is 11.1 Å². The maximum Gasteiger partial charge on any atom is 0.122 e. The molecule has 0 amide bonds. The minimum Gasteiger partial charge on any atom is -0.303 e. The monoisotopic (exact) mass is 155 g/mol. The van der Waals surface area contributed by atoms with Gasteiger partial charge in [-0.15, -0.1) is 0 Å². The molecule has 0 aromatic carbocycles. The van der Waals surface area contributed by atoms with E-state index in [2.05, 4.69) is 5.18 Å². The maximum absolute atomic E-state index is 10.2. The zero-order valence-electron chi connectivity index (χ0n) is 6.86. The van der Waals surface area contributed by atoms with Crippen molar-refractivity contribution < 1.29 is 4.79 Å². The molecule has 0 spiro atoms. The highest BCUT2D eigenvalue weighted by Gasteiger charge is 2.13. The first-order chi connectivity index (χ1) is 5.26. The Kier molecular flexibility index (Phi) is 5.25. The lowest BCUT2D eigenvalue weighted by Crippen LogP contribution is -2.13. The van der Waals surface area contributed by atoms with Gasteiger partial charge in [-0.25, -0.2) is 0 Å². The van der Waals surface area contributed by atoms with Crippen LogP contribution in [0.5, 0.6) is 0 Å². The van der Waals surface area contributed by atoms with Crippen LogP contribution in [0.3, 0.4) is 0 Å². The van der Waals surface area contributed by atoms with E-state index in [0.29, 0.717) is 0 Å². The zero-order valence-corrected chi connectivity index (χ0v) is 6.86. The third-order valence-electron chi connectivity index (χ3n) is 1.58. The molecule has 62 valence electrons. The van der Waals surface area contributed by atoms with Crippen molar-refractivity contribution in [1.82, 2.24) is 0 Å². The summed E-state index contributed by atoms with van der Waals surface area (Å²) < 4.78 is 0. The third kappa shape index (κ3) is 3.65. The number of nitrogens with zero attached hydrogens (tertiary/aromatic N) is 1. The topological polar surface area (TPSA) is 46.5 Å². The highest BCUT2D eigenvalue weighted by Crippen LogP contribution is 2.11. The minimum absolute atomic E-state index is 0.0581. The van der Waals surface area contributed by atoms with E-state index in [4.69, 9.17) is 0 Å². The van der Waals surface area contributed by atoms with Crippen LogP contribution < -0.4 is 0 Å². The summed E-state index contributed by atoms with van der Waals surface area (Å²) >= 11 is 0. The zero-order chi connectivity index (χ0) is 8.69. The second-order valence-corrected chi connectivity index (χ2v) is 2.46. The smallest absolute Gasteiger partial charge is 0.122 e. The lowest BCUT2D eigenvalue weighted by molar-refractivity contribution is -0.108. The van der Waals surface area contributed by atoms with E-state index >= 15 is 0 Å². The second kappa shape index (κ2) is 5.77. The van der Waals surface area contributed by atoms with Crippen molar-refractivity contribution in [1.29, 1.82) is 0 Å². The predicted molar refractivity (Wildman–Crippen MR) is 44.2 cm³/mol. The molecule has 0 unspecified atom stereocenters. The molecule has 2 atom stereocenters. The lowest BCUT2D eigenvalue weighted by Gasteiger charge is -2.09. The molecule has 0 aliphatic heterocycles. The summed E-state index contributed by atoms with van der Waals surface area (Å²) in [5.41, 5.74) is 0. The molecular weight excluding hydrogens is 142 g/mol. The molecule has 0 radical (unpaired) electrons. The molecule has 0 rings (SSSR count). The number of hydrogen-bond donors (Lipinski definition) is 0. The van der Waals surface area contributed by atoms with E-state index in [-0.39, 0.29) is 12.3 Å². The highest BCUT2D eigenvalue weighted by molar-refractivity contribution is 5.50. The van der Waals surface area contributed by atoms with Crippen molar-refractivity contribution in [3.63, 3.8) is 0 Å². The van der Waals surface area contributed by atoms with Crippen LogP contribution in [-0.2, 0) is 4.79 Å². The van der Waals surface area contributed by atoms with E-state index < -0.39 is 6.04 Å². The van der Waals surface area contributed by atoms with Crippen LogP contribution in [0.15, 0.2) is 17.3 Å². The molecule has 0 aliphatic rings. The molecule has 0 saturated heterocycles. The summed E-state index contributed by atoms with van der Waals surface area (Å²) in [6.07, 6.45) is 4.67. The Labute approximate surface area is 66.5 Å². The van der Waals surface area contributed by atoms with Gasteiger partial charge in [0.1, 0.15) is 12.3 Å². The number of carbonyl (C=O) groups is 1. The van der Waals surface area contributed by atoms with Crippen molar-refractivity contribution in [3.05, 3.63) is 17.1 Å². The van der Waals surface area contributed by atoms with Crippen molar-refractivity contribution in [2.75, 3.05) is 0 Å². The number of hydrogen-bond acceptors (Lipinski definition) is 3.